The molecule has 1 heterocycles. The Bertz CT molecular complexity index is 1430. The number of hydrogen-bond donors (Lipinski definition) is 2. The van der Waals surface area contributed by atoms with Gasteiger partial charge in [-0.05, 0) is 59.8 Å². The second-order valence-corrected chi connectivity index (χ2v) is 7.80. The maximum absolute atomic E-state index is 15.3. The van der Waals surface area contributed by atoms with Gasteiger partial charge in [0.2, 0.25) is 5.88 Å². The number of carbonyl (C=O) groups is 2. The molecule has 2 N–H and O–H groups in total. The highest BCUT2D eigenvalue weighted by molar-refractivity contribution is 6.17. The first-order valence-corrected chi connectivity index (χ1v) is 11.0. The van der Waals surface area contributed by atoms with E-state index in [-0.39, 0.29) is 11.1 Å². The third kappa shape index (κ3) is 4.81. The molecular formula is C27H22F2N2O5. The Morgan fingerprint density at radius 3 is 2.39 bits per heavy atom. The number of ether oxygens (including phenoxy) is 2. The molecule has 3 aromatic carbocycles. The maximum atomic E-state index is 15.3. The molecule has 0 fully saturated rings. The smallest absolute Gasteiger partial charge is 0.405 e. The molecule has 36 heavy (non-hydrogen) atoms. The number of carboxylic acid groups (broad SMARTS) is 1. The minimum atomic E-state index is -1.39. The van der Waals surface area contributed by atoms with E-state index in [1.165, 1.54) is 19.4 Å². The van der Waals surface area contributed by atoms with Crippen molar-refractivity contribution < 1.29 is 33.0 Å². The van der Waals surface area contributed by atoms with E-state index >= 15 is 8.78 Å². The van der Waals surface area contributed by atoms with Crippen molar-refractivity contribution in [3.8, 4) is 11.6 Å². The molecule has 9 heteroatoms. The standard InChI is InChI=1S/C27H22F2N2O5/c1-3-36-26-20-9-5-8-19(18(20)10-11-30-26)25(32)23-21(28)13-16(14-22(23)29)24(31-27(33)34)15-6-4-7-17(12-15)35-2/h4-14,24,31H,3H2,1-2H3,(H,33,34). The van der Waals surface area contributed by atoms with Gasteiger partial charge in [0.05, 0.1) is 25.3 Å². The third-order valence-electron chi connectivity index (χ3n) is 5.61. The van der Waals surface area contributed by atoms with Crippen LogP contribution in [0.4, 0.5) is 13.6 Å². The fourth-order valence-electron chi connectivity index (χ4n) is 4.04. The molecule has 0 saturated heterocycles. The zero-order chi connectivity index (χ0) is 25.8. The number of pyridine rings is 1. The number of carbonyl (C=O) groups excluding carboxylic acids is 1. The van der Waals surface area contributed by atoms with Gasteiger partial charge in [0.1, 0.15) is 17.4 Å². The molecule has 0 bridgehead atoms. The largest absolute Gasteiger partial charge is 0.497 e. The predicted molar refractivity (Wildman–Crippen MR) is 129 cm³/mol. The summed E-state index contributed by atoms with van der Waals surface area (Å²) in [5.74, 6) is -2.35. The van der Waals surface area contributed by atoms with E-state index in [1.807, 2.05) is 0 Å². The second kappa shape index (κ2) is 10.4. The molecule has 7 nitrogen and oxygen atoms in total. The summed E-state index contributed by atoms with van der Waals surface area (Å²) in [7, 11) is 1.44. The van der Waals surface area contributed by atoms with E-state index in [0.29, 0.717) is 34.6 Å². The molecule has 4 aromatic rings. The number of benzene rings is 3. The van der Waals surface area contributed by atoms with Gasteiger partial charge in [-0.15, -0.1) is 0 Å². The number of aromatic nitrogens is 1. The van der Waals surface area contributed by atoms with E-state index in [0.717, 1.165) is 12.1 Å². The molecule has 1 amide bonds. The summed E-state index contributed by atoms with van der Waals surface area (Å²) in [5.41, 5.74) is -0.285. The van der Waals surface area contributed by atoms with Crippen molar-refractivity contribution in [3.63, 3.8) is 0 Å². The van der Waals surface area contributed by atoms with Crippen molar-refractivity contribution in [3.05, 3.63) is 101 Å². The highest BCUT2D eigenvalue weighted by Gasteiger charge is 2.26. The molecule has 0 radical (unpaired) electrons. The Morgan fingerprint density at radius 2 is 1.72 bits per heavy atom. The molecule has 0 aliphatic heterocycles. The van der Waals surface area contributed by atoms with Crippen LogP contribution in [0.15, 0.2) is 66.9 Å². The molecule has 1 aromatic heterocycles. The van der Waals surface area contributed by atoms with E-state index in [1.54, 1.807) is 49.4 Å². The Hall–Kier alpha value is -4.53. The fraction of sp³-hybridized carbons (Fsp3) is 0.148. The number of nitrogens with one attached hydrogen (secondary N) is 1. The molecule has 0 aliphatic carbocycles. The average molecular weight is 492 g/mol. The molecule has 0 saturated carbocycles. The lowest BCUT2D eigenvalue weighted by Crippen LogP contribution is -2.28. The summed E-state index contributed by atoms with van der Waals surface area (Å²) in [5, 5.41) is 12.6. The topological polar surface area (TPSA) is 97.8 Å². The lowest BCUT2D eigenvalue weighted by molar-refractivity contribution is 0.103. The van der Waals surface area contributed by atoms with Crippen molar-refractivity contribution in [2.24, 2.45) is 0 Å². The first kappa shape index (κ1) is 24.6. The number of hydrogen-bond acceptors (Lipinski definition) is 5. The molecule has 0 aliphatic rings. The van der Waals surface area contributed by atoms with E-state index in [2.05, 4.69) is 10.3 Å². The van der Waals surface area contributed by atoms with E-state index < -0.39 is 35.1 Å². The molecule has 1 unspecified atom stereocenters. The van der Waals surface area contributed by atoms with Gasteiger partial charge in [0.25, 0.3) is 0 Å². The van der Waals surface area contributed by atoms with Gasteiger partial charge in [0, 0.05) is 17.1 Å². The Morgan fingerprint density at radius 1 is 1.00 bits per heavy atom. The molecule has 4 rings (SSSR count). The van der Waals surface area contributed by atoms with Crippen LogP contribution in [0.3, 0.4) is 0 Å². The minimum Gasteiger partial charge on any atom is -0.497 e. The van der Waals surface area contributed by atoms with Gasteiger partial charge in [0.15, 0.2) is 5.78 Å². The second-order valence-electron chi connectivity index (χ2n) is 7.80. The SMILES string of the molecule is CCOc1nccc2c(C(=O)c3c(F)cc(C(NC(=O)O)c4cccc(OC)c4)cc3F)cccc12. The van der Waals surface area contributed by atoms with Crippen LogP contribution in [0.25, 0.3) is 10.8 Å². The number of rotatable bonds is 8. The fourth-order valence-corrected chi connectivity index (χ4v) is 4.04. The highest BCUT2D eigenvalue weighted by atomic mass is 19.1. The van der Waals surface area contributed by atoms with Crippen LogP contribution < -0.4 is 14.8 Å². The first-order valence-electron chi connectivity index (χ1n) is 11.0. The van der Waals surface area contributed by atoms with Crippen molar-refractivity contribution in [1.82, 2.24) is 10.3 Å². The zero-order valence-electron chi connectivity index (χ0n) is 19.4. The summed E-state index contributed by atoms with van der Waals surface area (Å²) in [6, 6.07) is 13.6. The van der Waals surface area contributed by atoms with Crippen LogP contribution in [0.2, 0.25) is 0 Å². The number of halogens is 2. The van der Waals surface area contributed by atoms with Crippen molar-refractivity contribution in [2.45, 2.75) is 13.0 Å². The lowest BCUT2D eigenvalue weighted by atomic mass is 9.93. The Balaban J connectivity index is 1.79. The van der Waals surface area contributed by atoms with Crippen LogP contribution in [0.5, 0.6) is 11.6 Å². The quantitative estimate of drug-likeness (QED) is 0.315. The summed E-state index contributed by atoms with van der Waals surface area (Å²) < 4.78 is 41.3. The van der Waals surface area contributed by atoms with E-state index in [9.17, 15) is 14.7 Å². The minimum absolute atomic E-state index is 0.0158. The predicted octanol–water partition coefficient (Wildman–Crippen LogP) is 5.51. The van der Waals surface area contributed by atoms with Crippen LogP contribution in [-0.4, -0.2) is 35.7 Å². The van der Waals surface area contributed by atoms with Crippen molar-refractivity contribution in [1.29, 1.82) is 0 Å². The number of amides is 1. The Labute approximate surface area is 205 Å². The Kier molecular flexibility index (Phi) is 7.10. The monoisotopic (exact) mass is 492 g/mol. The van der Waals surface area contributed by atoms with Crippen molar-refractivity contribution in [2.75, 3.05) is 13.7 Å². The summed E-state index contributed by atoms with van der Waals surface area (Å²) in [4.78, 5) is 28.9. The highest BCUT2D eigenvalue weighted by Crippen LogP contribution is 2.31. The van der Waals surface area contributed by atoms with Crippen LogP contribution in [-0.2, 0) is 0 Å². The summed E-state index contributed by atoms with van der Waals surface area (Å²) in [6.45, 7) is 2.15. The van der Waals surface area contributed by atoms with Gasteiger partial charge in [-0.2, -0.15) is 0 Å². The van der Waals surface area contributed by atoms with E-state index in [4.69, 9.17) is 9.47 Å². The van der Waals surface area contributed by atoms with Gasteiger partial charge < -0.3 is 19.9 Å². The van der Waals surface area contributed by atoms with Gasteiger partial charge in [-0.3, -0.25) is 4.79 Å². The number of nitrogens with zero attached hydrogens (tertiary/aromatic N) is 1. The summed E-state index contributed by atoms with van der Waals surface area (Å²) in [6.07, 6.45) is 0.0641. The number of ketones is 1. The maximum Gasteiger partial charge on any atom is 0.405 e. The normalized spacial score (nSPS) is 11.7. The average Bonchev–Trinajstić information content (AvgIpc) is 2.86. The summed E-state index contributed by atoms with van der Waals surface area (Å²) >= 11 is 0. The number of fused-ring (bicyclic) bond motifs is 1. The molecule has 0 spiro atoms. The van der Waals surface area contributed by atoms with Crippen LogP contribution in [0, 0.1) is 11.6 Å². The molecular weight excluding hydrogens is 470 g/mol. The van der Waals surface area contributed by atoms with Gasteiger partial charge in [-0.25, -0.2) is 18.6 Å². The molecule has 184 valence electrons. The zero-order valence-corrected chi connectivity index (χ0v) is 19.4. The lowest BCUT2D eigenvalue weighted by Gasteiger charge is -2.20. The third-order valence-corrected chi connectivity index (χ3v) is 5.61. The van der Waals surface area contributed by atoms with Gasteiger partial charge in [-0.1, -0.05) is 24.3 Å². The first-order chi connectivity index (χ1) is 17.3. The van der Waals surface area contributed by atoms with Crippen LogP contribution >= 0.6 is 0 Å². The van der Waals surface area contributed by atoms with Crippen molar-refractivity contribution >= 4 is 22.6 Å². The molecule has 1 atom stereocenters. The van der Waals surface area contributed by atoms with Crippen LogP contribution in [0.1, 0.15) is 40.0 Å². The van der Waals surface area contributed by atoms with Gasteiger partial charge >= 0.3 is 6.09 Å². The number of methoxy groups -OCH3 is 1.